The number of carbonyl (C=O) groups excluding carboxylic acids is 1. The third-order valence-electron chi connectivity index (χ3n) is 3.69. The van der Waals surface area contributed by atoms with Gasteiger partial charge in [0.2, 0.25) is 5.91 Å². The van der Waals surface area contributed by atoms with E-state index in [0.29, 0.717) is 24.1 Å². The molecule has 0 aliphatic carbocycles. The number of benzene rings is 1. The Kier molecular flexibility index (Phi) is 6.37. The minimum absolute atomic E-state index is 0.114. The molecule has 0 radical (unpaired) electrons. The average Bonchev–Trinajstić information content (AvgIpc) is 2.58. The van der Waals surface area contributed by atoms with Crippen molar-refractivity contribution in [3.05, 3.63) is 33.7 Å². The summed E-state index contributed by atoms with van der Waals surface area (Å²) in [5, 5.41) is 13.0. The molecular weight excluding hydrogens is 330 g/mol. The summed E-state index contributed by atoms with van der Waals surface area (Å²) in [6, 6.07) is 2.89. The van der Waals surface area contributed by atoms with Crippen molar-refractivity contribution in [3.8, 4) is 11.5 Å². The Morgan fingerprint density at radius 3 is 2.76 bits per heavy atom. The van der Waals surface area contributed by atoms with E-state index in [1.807, 2.05) is 0 Å². The maximum absolute atomic E-state index is 12.2. The van der Waals surface area contributed by atoms with Gasteiger partial charge in [-0.3, -0.25) is 4.79 Å². The van der Waals surface area contributed by atoms with Crippen LogP contribution in [-0.4, -0.2) is 45.2 Å². The van der Waals surface area contributed by atoms with Crippen LogP contribution in [0.1, 0.15) is 11.1 Å². The molecule has 136 valence electrons. The average molecular weight is 351 g/mol. The molecule has 0 fully saturated rings. The molecule has 25 heavy (non-hydrogen) atoms. The van der Waals surface area contributed by atoms with Crippen LogP contribution < -0.4 is 15.7 Å². The van der Waals surface area contributed by atoms with Crippen LogP contribution >= 0.6 is 0 Å². The number of phenols is 1. The molecule has 1 aromatic carbocycles. The molecule has 0 aliphatic heterocycles. The number of aryl methyl sites for hydroxylation is 1. The molecule has 8 nitrogen and oxygen atoms in total. The van der Waals surface area contributed by atoms with Gasteiger partial charge in [-0.1, -0.05) is 0 Å². The third-order valence-corrected chi connectivity index (χ3v) is 3.69. The van der Waals surface area contributed by atoms with Crippen LogP contribution in [0.15, 0.2) is 21.3 Å². The fourth-order valence-corrected chi connectivity index (χ4v) is 2.40. The normalized spacial score (nSPS) is 10.8. The summed E-state index contributed by atoms with van der Waals surface area (Å²) in [5.41, 5.74) is 0.490. The molecule has 8 heteroatoms. The third kappa shape index (κ3) is 4.49. The van der Waals surface area contributed by atoms with Crippen molar-refractivity contribution >= 4 is 16.9 Å². The summed E-state index contributed by atoms with van der Waals surface area (Å²) in [5.74, 6) is -0.184. The number of amides is 1. The summed E-state index contributed by atoms with van der Waals surface area (Å²) < 4.78 is 20.1. The molecule has 1 aromatic heterocycles. The summed E-state index contributed by atoms with van der Waals surface area (Å²) >= 11 is 0. The summed E-state index contributed by atoms with van der Waals surface area (Å²) in [6.45, 7) is 2.49. The molecule has 1 heterocycles. The Bertz CT molecular complexity index is 813. The molecule has 2 rings (SSSR count). The standard InChI is InChI=1S/C17H21NO7/c1-10-11-6-15(23-3)13(19)8-14(11)25-17(21)12(10)7-16(20)18-4-5-24-9-22-2/h6,8,19H,4-5,7,9H2,1-3H3,(H,18,20). The van der Waals surface area contributed by atoms with Gasteiger partial charge in [0.15, 0.2) is 11.5 Å². The van der Waals surface area contributed by atoms with Gasteiger partial charge < -0.3 is 29.1 Å². The number of hydrogen-bond acceptors (Lipinski definition) is 7. The lowest BCUT2D eigenvalue weighted by molar-refractivity contribution is -0.121. The van der Waals surface area contributed by atoms with Gasteiger partial charge in [-0.15, -0.1) is 0 Å². The molecule has 2 N–H and O–H groups in total. The molecule has 0 saturated carbocycles. The number of nitrogens with one attached hydrogen (secondary N) is 1. The van der Waals surface area contributed by atoms with Gasteiger partial charge in [0.1, 0.15) is 12.4 Å². The Morgan fingerprint density at radius 2 is 2.08 bits per heavy atom. The van der Waals surface area contributed by atoms with Gasteiger partial charge in [0.25, 0.3) is 0 Å². The van der Waals surface area contributed by atoms with E-state index in [9.17, 15) is 14.7 Å². The lowest BCUT2D eigenvalue weighted by atomic mass is 10.0. The van der Waals surface area contributed by atoms with Gasteiger partial charge in [-0.05, 0) is 18.6 Å². The lowest BCUT2D eigenvalue weighted by Gasteiger charge is -2.10. The summed E-state index contributed by atoms with van der Waals surface area (Å²) in [6.07, 6.45) is -0.114. The predicted molar refractivity (Wildman–Crippen MR) is 90.0 cm³/mol. The lowest BCUT2D eigenvalue weighted by Crippen LogP contribution is -2.30. The first-order chi connectivity index (χ1) is 12.0. The molecule has 0 atom stereocenters. The van der Waals surface area contributed by atoms with Crippen LogP contribution in [0, 0.1) is 6.92 Å². The van der Waals surface area contributed by atoms with E-state index in [1.54, 1.807) is 13.0 Å². The van der Waals surface area contributed by atoms with Crippen LogP contribution in [-0.2, 0) is 20.7 Å². The van der Waals surface area contributed by atoms with Crippen molar-refractivity contribution < 1.29 is 28.5 Å². The number of hydrogen-bond donors (Lipinski definition) is 2. The highest BCUT2D eigenvalue weighted by Crippen LogP contribution is 2.32. The van der Waals surface area contributed by atoms with Crippen molar-refractivity contribution in [2.45, 2.75) is 13.3 Å². The molecule has 0 bridgehead atoms. The van der Waals surface area contributed by atoms with Crippen molar-refractivity contribution in [3.63, 3.8) is 0 Å². The smallest absolute Gasteiger partial charge is 0.340 e. The number of carbonyl (C=O) groups is 1. The molecule has 0 spiro atoms. The van der Waals surface area contributed by atoms with E-state index in [2.05, 4.69) is 5.32 Å². The second-order valence-corrected chi connectivity index (χ2v) is 5.35. The maximum atomic E-state index is 12.2. The first kappa shape index (κ1) is 18.8. The second kappa shape index (κ2) is 8.50. The predicted octanol–water partition coefficient (Wildman–Crippen LogP) is 1.09. The highest BCUT2D eigenvalue weighted by Gasteiger charge is 2.16. The van der Waals surface area contributed by atoms with Crippen molar-refractivity contribution in [1.82, 2.24) is 5.32 Å². The Balaban J connectivity index is 2.19. The largest absolute Gasteiger partial charge is 0.504 e. The Labute approximate surface area is 144 Å². The van der Waals surface area contributed by atoms with Gasteiger partial charge in [0, 0.05) is 25.1 Å². The van der Waals surface area contributed by atoms with Crippen molar-refractivity contribution in [2.75, 3.05) is 34.2 Å². The zero-order chi connectivity index (χ0) is 18.4. The fourth-order valence-electron chi connectivity index (χ4n) is 2.40. The van der Waals surface area contributed by atoms with Crippen LogP contribution in [0.5, 0.6) is 11.5 Å². The molecule has 2 aromatic rings. The molecule has 0 unspecified atom stereocenters. The second-order valence-electron chi connectivity index (χ2n) is 5.35. The van der Waals surface area contributed by atoms with Gasteiger partial charge in [-0.25, -0.2) is 4.79 Å². The van der Waals surface area contributed by atoms with E-state index in [0.717, 1.165) is 0 Å². The number of aromatic hydroxyl groups is 1. The Morgan fingerprint density at radius 1 is 1.32 bits per heavy atom. The Hall–Kier alpha value is -2.58. The maximum Gasteiger partial charge on any atom is 0.340 e. The summed E-state index contributed by atoms with van der Waals surface area (Å²) in [4.78, 5) is 24.2. The highest BCUT2D eigenvalue weighted by atomic mass is 16.7. The SMILES string of the molecule is COCOCCNC(=O)Cc1c(C)c2cc(OC)c(O)cc2oc1=O. The van der Waals surface area contributed by atoms with E-state index < -0.39 is 5.63 Å². The molecular formula is C17H21NO7. The topological polar surface area (TPSA) is 107 Å². The zero-order valence-corrected chi connectivity index (χ0v) is 14.4. The zero-order valence-electron chi connectivity index (χ0n) is 14.4. The van der Waals surface area contributed by atoms with Gasteiger partial charge >= 0.3 is 5.63 Å². The van der Waals surface area contributed by atoms with E-state index >= 15 is 0 Å². The first-order valence-electron chi connectivity index (χ1n) is 7.64. The quantitative estimate of drug-likeness (QED) is 0.416. The number of fused-ring (bicyclic) bond motifs is 1. The van der Waals surface area contributed by atoms with E-state index in [4.69, 9.17) is 18.6 Å². The molecule has 0 saturated heterocycles. The van der Waals surface area contributed by atoms with Gasteiger partial charge in [0.05, 0.1) is 25.7 Å². The highest BCUT2D eigenvalue weighted by molar-refractivity contribution is 5.86. The minimum atomic E-state index is -0.611. The number of phenolic OH excluding ortho intramolecular Hbond substituents is 1. The van der Waals surface area contributed by atoms with Crippen LogP contribution in [0.4, 0.5) is 0 Å². The van der Waals surface area contributed by atoms with Crippen molar-refractivity contribution in [1.29, 1.82) is 0 Å². The fraction of sp³-hybridized carbons (Fsp3) is 0.412. The molecule has 1 amide bonds. The summed E-state index contributed by atoms with van der Waals surface area (Å²) in [7, 11) is 2.93. The van der Waals surface area contributed by atoms with Gasteiger partial charge in [-0.2, -0.15) is 0 Å². The molecule has 0 aliphatic rings. The van der Waals surface area contributed by atoms with Crippen LogP contribution in [0.3, 0.4) is 0 Å². The van der Waals surface area contributed by atoms with E-state index in [1.165, 1.54) is 20.3 Å². The number of rotatable bonds is 8. The van der Waals surface area contributed by atoms with E-state index in [-0.39, 0.29) is 41.8 Å². The number of methoxy groups -OCH3 is 2. The minimum Gasteiger partial charge on any atom is -0.504 e. The van der Waals surface area contributed by atoms with Crippen molar-refractivity contribution in [2.24, 2.45) is 0 Å². The first-order valence-corrected chi connectivity index (χ1v) is 7.64. The van der Waals surface area contributed by atoms with Crippen LogP contribution in [0.2, 0.25) is 0 Å². The number of ether oxygens (including phenoxy) is 3. The van der Waals surface area contributed by atoms with Crippen LogP contribution in [0.25, 0.3) is 11.0 Å². The monoisotopic (exact) mass is 351 g/mol.